The number of hydrogen-bond donors (Lipinski definition) is 2. The molecule has 110 valence electrons. The van der Waals surface area contributed by atoms with Gasteiger partial charge in [0, 0.05) is 18.7 Å². The monoisotopic (exact) mass is 279 g/mol. The molecule has 1 aromatic rings. The van der Waals surface area contributed by atoms with Gasteiger partial charge in [0.2, 0.25) is 5.91 Å². The molecule has 1 atom stereocenters. The lowest BCUT2D eigenvalue weighted by molar-refractivity contribution is -0.116. The zero-order valence-corrected chi connectivity index (χ0v) is 11.9. The molecule has 5 heteroatoms. The fourth-order valence-electron chi connectivity index (χ4n) is 2.54. The van der Waals surface area contributed by atoms with E-state index >= 15 is 0 Å². The first-order valence-electron chi connectivity index (χ1n) is 7.12. The van der Waals surface area contributed by atoms with Crippen LogP contribution in [0.25, 0.3) is 0 Å². The van der Waals surface area contributed by atoms with Gasteiger partial charge < -0.3 is 16.0 Å². The van der Waals surface area contributed by atoms with E-state index in [0.717, 1.165) is 32.0 Å². The average molecular weight is 279 g/mol. The van der Waals surface area contributed by atoms with Crippen molar-refractivity contribution in [2.75, 3.05) is 30.7 Å². The maximum Gasteiger partial charge on any atom is 0.224 e. The molecule has 0 radical (unpaired) electrons. The number of amides is 1. The summed E-state index contributed by atoms with van der Waals surface area (Å²) in [4.78, 5) is 14.2. The van der Waals surface area contributed by atoms with Crippen LogP contribution in [-0.4, -0.2) is 30.4 Å². The lowest BCUT2D eigenvalue weighted by atomic mass is 10.2. The molecule has 1 saturated heterocycles. The van der Waals surface area contributed by atoms with Gasteiger partial charge in [-0.05, 0) is 50.0 Å². The van der Waals surface area contributed by atoms with Gasteiger partial charge >= 0.3 is 0 Å². The Morgan fingerprint density at radius 3 is 3.05 bits per heavy atom. The Balaban J connectivity index is 1.74. The van der Waals surface area contributed by atoms with Gasteiger partial charge in [-0.2, -0.15) is 0 Å². The minimum Gasteiger partial charge on any atom is -0.399 e. The number of carbonyl (C=O) groups excluding carboxylic acids is 1. The van der Waals surface area contributed by atoms with Crippen LogP contribution in [-0.2, 0) is 4.79 Å². The number of anilines is 2. The van der Waals surface area contributed by atoms with Crippen molar-refractivity contribution in [3.63, 3.8) is 0 Å². The zero-order chi connectivity index (χ0) is 14.5. The van der Waals surface area contributed by atoms with Crippen LogP contribution in [0.3, 0.4) is 0 Å². The van der Waals surface area contributed by atoms with Crippen molar-refractivity contribution in [1.82, 2.24) is 4.90 Å². The summed E-state index contributed by atoms with van der Waals surface area (Å²) in [6.07, 6.45) is 2.43. The molecule has 1 heterocycles. The van der Waals surface area contributed by atoms with Crippen LogP contribution >= 0.6 is 0 Å². The van der Waals surface area contributed by atoms with Crippen LogP contribution in [0.1, 0.15) is 26.2 Å². The van der Waals surface area contributed by atoms with Crippen LogP contribution in [0.15, 0.2) is 18.2 Å². The van der Waals surface area contributed by atoms with E-state index in [2.05, 4.69) is 17.1 Å². The van der Waals surface area contributed by atoms with Crippen LogP contribution in [0, 0.1) is 11.7 Å². The second-order valence-corrected chi connectivity index (χ2v) is 5.59. The maximum atomic E-state index is 13.5. The molecule has 1 aliphatic heterocycles. The average Bonchev–Trinajstić information content (AvgIpc) is 2.80. The van der Waals surface area contributed by atoms with Crippen LogP contribution in [0.5, 0.6) is 0 Å². The minimum absolute atomic E-state index is 0.157. The van der Waals surface area contributed by atoms with Gasteiger partial charge in [-0.1, -0.05) is 6.92 Å². The smallest absolute Gasteiger partial charge is 0.224 e. The van der Waals surface area contributed by atoms with Crippen molar-refractivity contribution < 1.29 is 9.18 Å². The normalized spacial score (nSPS) is 19.2. The predicted molar refractivity (Wildman–Crippen MR) is 78.9 cm³/mol. The van der Waals surface area contributed by atoms with E-state index in [0.29, 0.717) is 12.1 Å². The second kappa shape index (κ2) is 6.70. The van der Waals surface area contributed by atoms with E-state index in [1.807, 2.05) is 0 Å². The molecule has 1 aliphatic rings. The molecule has 0 saturated carbocycles. The van der Waals surface area contributed by atoms with Crippen molar-refractivity contribution in [2.45, 2.75) is 26.2 Å². The van der Waals surface area contributed by atoms with Crippen molar-refractivity contribution in [2.24, 2.45) is 5.92 Å². The highest BCUT2D eigenvalue weighted by atomic mass is 19.1. The van der Waals surface area contributed by atoms with Crippen molar-refractivity contribution >= 4 is 17.3 Å². The maximum absolute atomic E-state index is 13.5. The fourth-order valence-corrected chi connectivity index (χ4v) is 2.54. The predicted octanol–water partition coefficient (Wildman–Crippen LogP) is 2.47. The summed E-state index contributed by atoms with van der Waals surface area (Å²) in [5.41, 5.74) is 6.17. The Morgan fingerprint density at radius 1 is 1.55 bits per heavy atom. The van der Waals surface area contributed by atoms with Gasteiger partial charge in [0.05, 0.1) is 5.69 Å². The number of carbonyl (C=O) groups is 1. The van der Waals surface area contributed by atoms with Crippen LogP contribution in [0.4, 0.5) is 15.8 Å². The number of rotatable bonds is 5. The number of halogens is 1. The lowest BCUT2D eigenvalue weighted by Crippen LogP contribution is -2.23. The summed E-state index contributed by atoms with van der Waals surface area (Å²) in [5, 5.41) is 2.57. The molecule has 0 aliphatic carbocycles. The van der Waals surface area contributed by atoms with Crippen LogP contribution in [0.2, 0.25) is 0 Å². The minimum atomic E-state index is -0.457. The number of nitrogen functional groups attached to an aromatic ring is 1. The third-order valence-electron chi connectivity index (χ3n) is 3.65. The highest BCUT2D eigenvalue weighted by molar-refractivity contribution is 5.91. The Hall–Kier alpha value is -1.62. The standard InChI is InChI=1S/C15H22FN3O/c1-11-6-8-19(10-11)7-2-3-15(20)18-14-9-12(17)4-5-13(14)16/h4-5,9,11H,2-3,6-8,10,17H2,1H3,(H,18,20). The third kappa shape index (κ3) is 4.20. The summed E-state index contributed by atoms with van der Waals surface area (Å²) in [7, 11) is 0. The van der Waals surface area contributed by atoms with Crippen molar-refractivity contribution in [1.29, 1.82) is 0 Å². The summed E-state index contributed by atoms with van der Waals surface area (Å²) in [5.74, 6) is 0.132. The fraction of sp³-hybridized carbons (Fsp3) is 0.533. The molecule has 0 aromatic heterocycles. The molecule has 1 fully saturated rings. The summed E-state index contributed by atoms with van der Waals surface area (Å²) in [6, 6.07) is 4.17. The third-order valence-corrected chi connectivity index (χ3v) is 3.65. The van der Waals surface area contributed by atoms with Gasteiger partial charge in [0.15, 0.2) is 0 Å². The largest absolute Gasteiger partial charge is 0.399 e. The molecule has 0 spiro atoms. The number of likely N-dealkylation sites (tertiary alicyclic amines) is 1. The highest BCUT2D eigenvalue weighted by Gasteiger charge is 2.18. The van der Waals surface area contributed by atoms with E-state index in [4.69, 9.17) is 5.73 Å². The quantitative estimate of drug-likeness (QED) is 0.814. The van der Waals surface area contributed by atoms with E-state index in [9.17, 15) is 9.18 Å². The number of nitrogens with two attached hydrogens (primary N) is 1. The van der Waals surface area contributed by atoms with Gasteiger partial charge in [-0.15, -0.1) is 0 Å². The molecule has 3 N–H and O–H groups in total. The molecular formula is C15H22FN3O. The first-order valence-corrected chi connectivity index (χ1v) is 7.12. The number of nitrogens with zero attached hydrogens (tertiary/aromatic N) is 1. The number of hydrogen-bond acceptors (Lipinski definition) is 3. The molecule has 20 heavy (non-hydrogen) atoms. The Labute approximate surface area is 119 Å². The number of benzene rings is 1. The van der Waals surface area contributed by atoms with Gasteiger partial charge in [0.25, 0.3) is 0 Å². The SMILES string of the molecule is CC1CCN(CCCC(=O)Nc2cc(N)ccc2F)C1. The molecule has 1 aromatic carbocycles. The van der Waals surface area contributed by atoms with E-state index < -0.39 is 5.82 Å². The molecular weight excluding hydrogens is 257 g/mol. The van der Waals surface area contributed by atoms with Crippen molar-refractivity contribution in [3.05, 3.63) is 24.0 Å². The highest BCUT2D eigenvalue weighted by Crippen LogP contribution is 2.18. The summed E-state index contributed by atoms with van der Waals surface area (Å²) in [6.45, 7) is 5.41. The van der Waals surface area contributed by atoms with Crippen LogP contribution < -0.4 is 11.1 Å². The first kappa shape index (κ1) is 14.8. The number of nitrogens with one attached hydrogen (secondary N) is 1. The molecule has 2 rings (SSSR count). The second-order valence-electron chi connectivity index (χ2n) is 5.59. The van der Waals surface area contributed by atoms with Crippen molar-refractivity contribution in [3.8, 4) is 0 Å². The van der Waals surface area contributed by atoms with Gasteiger partial charge in [0.1, 0.15) is 5.82 Å². The Bertz CT molecular complexity index is 478. The van der Waals surface area contributed by atoms with E-state index in [1.54, 1.807) is 0 Å². The summed E-state index contributed by atoms with van der Waals surface area (Å²) >= 11 is 0. The van der Waals surface area contributed by atoms with Gasteiger partial charge in [-0.3, -0.25) is 4.79 Å². The van der Waals surface area contributed by atoms with Gasteiger partial charge in [-0.25, -0.2) is 4.39 Å². The Kier molecular flexibility index (Phi) is 4.95. The summed E-state index contributed by atoms with van der Waals surface area (Å²) < 4.78 is 13.5. The van der Waals surface area contributed by atoms with E-state index in [-0.39, 0.29) is 11.6 Å². The molecule has 1 amide bonds. The first-order chi connectivity index (χ1) is 9.54. The van der Waals surface area contributed by atoms with E-state index in [1.165, 1.54) is 24.6 Å². The topological polar surface area (TPSA) is 58.4 Å². The molecule has 1 unspecified atom stereocenters. The molecule has 0 bridgehead atoms. The molecule has 4 nitrogen and oxygen atoms in total. The lowest BCUT2D eigenvalue weighted by Gasteiger charge is -2.14. The Morgan fingerprint density at radius 2 is 2.35 bits per heavy atom. The zero-order valence-electron chi connectivity index (χ0n) is 11.9.